The number of aryl methyl sites for hydroxylation is 1. The highest BCUT2D eigenvalue weighted by Gasteiger charge is 2.31. The maximum absolute atomic E-state index is 13.2. The van der Waals surface area contributed by atoms with Gasteiger partial charge in [-0.05, 0) is 37.6 Å². The molecule has 1 aliphatic heterocycles. The lowest BCUT2D eigenvalue weighted by Crippen LogP contribution is -2.38. The average molecular weight is 309 g/mol. The Labute approximate surface area is 119 Å². The zero-order valence-electron chi connectivity index (χ0n) is 10.9. The van der Waals surface area contributed by atoms with Crippen LogP contribution in [0.2, 0.25) is 0 Å². The maximum atomic E-state index is 13.2. The van der Waals surface area contributed by atoms with Gasteiger partial charge in [-0.1, -0.05) is 6.07 Å². The van der Waals surface area contributed by atoms with Crippen LogP contribution in [0, 0.1) is 12.7 Å². The second kappa shape index (κ2) is 6.17. The van der Waals surface area contributed by atoms with E-state index in [2.05, 4.69) is 5.32 Å². The molecule has 19 heavy (non-hydrogen) atoms. The van der Waals surface area contributed by atoms with Crippen LogP contribution in [-0.4, -0.2) is 38.9 Å². The van der Waals surface area contributed by atoms with Crippen molar-refractivity contribution in [3.8, 4) is 0 Å². The monoisotopic (exact) mass is 308 g/mol. The van der Waals surface area contributed by atoms with Gasteiger partial charge in [-0.25, -0.2) is 12.8 Å². The van der Waals surface area contributed by atoms with Crippen LogP contribution < -0.4 is 5.32 Å². The van der Waals surface area contributed by atoms with Crippen LogP contribution in [-0.2, 0) is 10.0 Å². The SMILES string of the molecule is Cc1ccc(F)cc1S(=O)(=O)N(C)C1CCNC1.Cl. The standard InChI is InChI=1S/C12H17FN2O2S.ClH/c1-9-3-4-10(13)7-12(9)18(16,17)15(2)11-5-6-14-8-11;/h3-4,7,11,14H,5-6,8H2,1-2H3;1H. The third-order valence-corrected chi connectivity index (χ3v) is 5.41. The molecule has 0 spiro atoms. The molecule has 1 N–H and O–H groups in total. The topological polar surface area (TPSA) is 49.4 Å². The Balaban J connectivity index is 0.00000180. The number of sulfonamides is 1. The molecule has 1 aromatic carbocycles. The van der Waals surface area contributed by atoms with E-state index in [9.17, 15) is 12.8 Å². The highest BCUT2D eigenvalue weighted by molar-refractivity contribution is 7.89. The Kier molecular flexibility index (Phi) is 5.32. The average Bonchev–Trinajstić information content (AvgIpc) is 2.84. The summed E-state index contributed by atoms with van der Waals surface area (Å²) in [4.78, 5) is 0.0527. The molecule has 1 unspecified atom stereocenters. The van der Waals surface area contributed by atoms with Gasteiger partial charge in [-0.15, -0.1) is 12.4 Å². The van der Waals surface area contributed by atoms with Crippen molar-refractivity contribution in [2.24, 2.45) is 0 Å². The Morgan fingerprint density at radius 3 is 2.68 bits per heavy atom. The number of likely N-dealkylation sites (N-methyl/N-ethyl adjacent to an activating group) is 1. The lowest BCUT2D eigenvalue weighted by atomic mass is 10.2. The van der Waals surface area contributed by atoms with Gasteiger partial charge in [0.2, 0.25) is 10.0 Å². The molecule has 0 amide bonds. The van der Waals surface area contributed by atoms with Gasteiger partial charge in [0.25, 0.3) is 0 Å². The molecule has 0 aromatic heterocycles. The molecule has 0 radical (unpaired) electrons. The van der Waals surface area contributed by atoms with Crippen molar-refractivity contribution >= 4 is 22.4 Å². The zero-order valence-corrected chi connectivity index (χ0v) is 12.5. The molecule has 1 saturated heterocycles. The van der Waals surface area contributed by atoms with Crippen LogP contribution in [0.15, 0.2) is 23.1 Å². The Morgan fingerprint density at radius 2 is 2.11 bits per heavy atom. The lowest BCUT2D eigenvalue weighted by Gasteiger charge is -2.24. The first kappa shape index (κ1) is 16.4. The molecule has 1 heterocycles. The summed E-state index contributed by atoms with van der Waals surface area (Å²) < 4.78 is 39.4. The van der Waals surface area contributed by atoms with E-state index in [4.69, 9.17) is 0 Å². The molecule has 1 fully saturated rings. The molecule has 1 aromatic rings. The van der Waals surface area contributed by atoms with Gasteiger partial charge in [0.1, 0.15) is 5.82 Å². The van der Waals surface area contributed by atoms with Crippen molar-refractivity contribution in [2.45, 2.75) is 24.3 Å². The maximum Gasteiger partial charge on any atom is 0.243 e. The Hall–Kier alpha value is -0.690. The van der Waals surface area contributed by atoms with Crippen molar-refractivity contribution in [1.29, 1.82) is 0 Å². The number of nitrogens with zero attached hydrogens (tertiary/aromatic N) is 1. The highest BCUT2D eigenvalue weighted by Crippen LogP contribution is 2.23. The highest BCUT2D eigenvalue weighted by atomic mass is 35.5. The van der Waals surface area contributed by atoms with Crippen molar-refractivity contribution < 1.29 is 12.8 Å². The number of hydrogen-bond acceptors (Lipinski definition) is 3. The van der Waals surface area contributed by atoms with Crippen LogP contribution in [0.5, 0.6) is 0 Å². The van der Waals surface area contributed by atoms with Gasteiger partial charge in [0, 0.05) is 19.6 Å². The van der Waals surface area contributed by atoms with Gasteiger partial charge >= 0.3 is 0 Å². The normalized spacial score (nSPS) is 19.5. The van der Waals surface area contributed by atoms with E-state index in [0.717, 1.165) is 19.0 Å². The summed E-state index contributed by atoms with van der Waals surface area (Å²) in [5.41, 5.74) is 0.564. The first-order valence-corrected chi connectivity index (χ1v) is 7.32. The molecule has 0 bridgehead atoms. The van der Waals surface area contributed by atoms with Crippen LogP contribution in [0.3, 0.4) is 0 Å². The summed E-state index contributed by atoms with van der Waals surface area (Å²) in [5.74, 6) is -0.530. The van der Waals surface area contributed by atoms with Crippen LogP contribution in [0.1, 0.15) is 12.0 Å². The van der Waals surface area contributed by atoms with Gasteiger partial charge in [-0.3, -0.25) is 0 Å². The fourth-order valence-electron chi connectivity index (χ4n) is 2.15. The van der Waals surface area contributed by atoms with Crippen LogP contribution >= 0.6 is 12.4 Å². The van der Waals surface area contributed by atoms with Gasteiger partial charge in [0.05, 0.1) is 4.90 Å². The molecule has 0 aliphatic carbocycles. The van der Waals surface area contributed by atoms with E-state index < -0.39 is 15.8 Å². The van der Waals surface area contributed by atoms with E-state index in [0.29, 0.717) is 12.1 Å². The van der Waals surface area contributed by atoms with Crippen molar-refractivity contribution in [2.75, 3.05) is 20.1 Å². The third-order valence-electron chi connectivity index (χ3n) is 3.36. The molecular weight excluding hydrogens is 291 g/mol. The predicted octanol–water partition coefficient (Wildman–Crippen LogP) is 1.54. The number of halogens is 2. The summed E-state index contributed by atoms with van der Waals surface area (Å²) in [6, 6.07) is 3.79. The molecule has 1 aliphatic rings. The first-order valence-electron chi connectivity index (χ1n) is 5.88. The Bertz CT molecular complexity index is 545. The summed E-state index contributed by atoms with van der Waals surface area (Å²) >= 11 is 0. The van der Waals surface area contributed by atoms with E-state index in [1.807, 2.05) is 0 Å². The quantitative estimate of drug-likeness (QED) is 0.921. The molecule has 0 saturated carbocycles. The largest absolute Gasteiger partial charge is 0.315 e. The third kappa shape index (κ3) is 3.25. The van der Waals surface area contributed by atoms with E-state index >= 15 is 0 Å². The first-order chi connectivity index (χ1) is 8.43. The minimum atomic E-state index is -3.62. The smallest absolute Gasteiger partial charge is 0.243 e. The number of nitrogens with one attached hydrogen (secondary N) is 1. The Morgan fingerprint density at radius 1 is 1.42 bits per heavy atom. The number of benzene rings is 1. The number of rotatable bonds is 3. The summed E-state index contributed by atoms with van der Waals surface area (Å²) in [5, 5.41) is 3.12. The fraction of sp³-hybridized carbons (Fsp3) is 0.500. The summed E-state index contributed by atoms with van der Waals surface area (Å²) in [7, 11) is -2.07. The van der Waals surface area contributed by atoms with E-state index in [1.165, 1.54) is 16.4 Å². The van der Waals surface area contributed by atoms with Crippen LogP contribution in [0.4, 0.5) is 4.39 Å². The van der Waals surface area contributed by atoms with E-state index in [-0.39, 0.29) is 23.3 Å². The molecule has 4 nitrogen and oxygen atoms in total. The van der Waals surface area contributed by atoms with Gasteiger partial charge in [-0.2, -0.15) is 4.31 Å². The van der Waals surface area contributed by atoms with Gasteiger partial charge < -0.3 is 5.32 Å². The molecule has 2 rings (SSSR count). The minimum absolute atomic E-state index is 0. The summed E-state index contributed by atoms with van der Waals surface area (Å²) in [6.45, 7) is 3.13. The van der Waals surface area contributed by atoms with Crippen molar-refractivity contribution in [3.63, 3.8) is 0 Å². The second-order valence-corrected chi connectivity index (χ2v) is 6.54. The van der Waals surface area contributed by atoms with Crippen molar-refractivity contribution in [1.82, 2.24) is 9.62 Å². The molecule has 108 valence electrons. The molecular formula is C12H18ClFN2O2S. The fourth-order valence-corrected chi connectivity index (χ4v) is 3.77. The predicted molar refractivity (Wildman–Crippen MR) is 74.6 cm³/mol. The minimum Gasteiger partial charge on any atom is -0.315 e. The lowest BCUT2D eigenvalue weighted by molar-refractivity contribution is 0.387. The summed E-state index contributed by atoms with van der Waals surface area (Å²) in [6.07, 6.45) is 0.782. The van der Waals surface area contributed by atoms with Crippen molar-refractivity contribution in [3.05, 3.63) is 29.6 Å². The zero-order chi connectivity index (χ0) is 13.3. The molecule has 7 heteroatoms. The second-order valence-electron chi connectivity index (χ2n) is 4.58. The van der Waals surface area contributed by atoms with Crippen LogP contribution in [0.25, 0.3) is 0 Å². The van der Waals surface area contributed by atoms with Gasteiger partial charge in [0.15, 0.2) is 0 Å². The number of hydrogen-bond donors (Lipinski definition) is 1. The van der Waals surface area contributed by atoms with E-state index in [1.54, 1.807) is 14.0 Å². The molecule has 1 atom stereocenters.